The van der Waals surface area contributed by atoms with Crippen molar-refractivity contribution in [2.45, 2.75) is 17.0 Å². The van der Waals surface area contributed by atoms with Crippen LogP contribution in [0.1, 0.15) is 5.69 Å². The lowest BCUT2D eigenvalue weighted by molar-refractivity contribution is 0.985. The second kappa shape index (κ2) is 5.10. The van der Waals surface area contributed by atoms with Gasteiger partial charge in [-0.3, -0.25) is 4.98 Å². The van der Waals surface area contributed by atoms with Gasteiger partial charge in [-0.15, -0.1) is 0 Å². The summed E-state index contributed by atoms with van der Waals surface area (Å²) in [5.41, 5.74) is 19.7. The molecule has 0 spiro atoms. The van der Waals surface area contributed by atoms with Crippen molar-refractivity contribution < 1.29 is 0 Å². The van der Waals surface area contributed by atoms with Crippen LogP contribution in [0.3, 0.4) is 0 Å². The average Bonchev–Trinajstić information content (AvgIpc) is 2.38. The van der Waals surface area contributed by atoms with Crippen molar-refractivity contribution in [3.8, 4) is 0 Å². The summed E-state index contributed by atoms with van der Waals surface area (Å²) >= 11 is 1.39. The maximum Gasteiger partial charge on any atom is 0.196 e. The van der Waals surface area contributed by atoms with Crippen LogP contribution in [-0.2, 0) is 0 Å². The number of aryl methyl sites for hydroxylation is 1. The third-order valence-electron chi connectivity index (χ3n) is 2.87. The second-order valence-electron chi connectivity index (χ2n) is 4.64. The van der Waals surface area contributed by atoms with E-state index in [1.165, 1.54) is 17.8 Å². The molecule has 0 amide bonds. The minimum Gasteiger partial charge on any atom is -0.399 e. The molecule has 0 radical (unpaired) electrons. The Kier molecular flexibility index (Phi) is 3.26. The highest BCUT2D eigenvalue weighted by Crippen LogP contribution is 2.33. The van der Waals surface area contributed by atoms with Crippen LogP contribution in [0.25, 0.3) is 10.9 Å². The van der Waals surface area contributed by atoms with Crippen LogP contribution < -0.4 is 17.2 Å². The molecule has 0 atom stereocenters. The minimum atomic E-state index is 0.347. The number of nitrogens with two attached hydrogens (primary N) is 3. The molecule has 0 fully saturated rings. The third-order valence-corrected chi connectivity index (χ3v) is 3.79. The maximum atomic E-state index is 5.86. The molecule has 0 aliphatic rings. The minimum absolute atomic E-state index is 0.347. The van der Waals surface area contributed by atoms with E-state index in [4.69, 9.17) is 17.2 Å². The Hall–Kier alpha value is -2.54. The zero-order chi connectivity index (χ0) is 15.0. The number of nitrogens with zero attached hydrogens (tertiary/aromatic N) is 3. The van der Waals surface area contributed by atoms with Gasteiger partial charge in [-0.2, -0.15) is 0 Å². The van der Waals surface area contributed by atoms with Gasteiger partial charge in [-0.05, 0) is 43.0 Å². The molecule has 106 valence electrons. The summed E-state index contributed by atoms with van der Waals surface area (Å²) in [5, 5.41) is 1.46. The van der Waals surface area contributed by atoms with Crippen LogP contribution in [0, 0.1) is 6.92 Å². The van der Waals surface area contributed by atoms with E-state index in [1.807, 2.05) is 31.2 Å². The molecule has 0 saturated carbocycles. The highest BCUT2D eigenvalue weighted by molar-refractivity contribution is 7.99. The number of fused-ring (bicyclic) bond motifs is 1. The van der Waals surface area contributed by atoms with E-state index in [9.17, 15) is 0 Å². The lowest BCUT2D eigenvalue weighted by Crippen LogP contribution is -1.99. The van der Waals surface area contributed by atoms with Crippen LogP contribution in [0.5, 0.6) is 0 Å². The van der Waals surface area contributed by atoms with E-state index in [0.29, 0.717) is 22.5 Å². The summed E-state index contributed by atoms with van der Waals surface area (Å²) in [6, 6.07) is 9.11. The Labute approximate surface area is 125 Å². The predicted octanol–water partition coefficient (Wildman–Crippen LogP) is 2.23. The molecule has 3 rings (SSSR count). The molecule has 2 heterocycles. The smallest absolute Gasteiger partial charge is 0.196 e. The zero-order valence-electron chi connectivity index (χ0n) is 11.4. The fraction of sp³-hybridized carbons (Fsp3) is 0.0714. The Morgan fingerprint density at radius 3 is 2.33 bits per heavy atom. The number of pyridine rings is 1. The van der Waals surface area contributed by atoms with Crippen LogP contribution in [0.4, 0.5) is 17.3 Å². The number of hydrogen-bond donors (Lipinski definition) is 3. The summed E-state index contributed by atoms with van der Waals surface area (Å²) in [4.78, 5) is 13.8. The molecule has 0 unspecified atom stereocenters. The number of nitrogen functional groups attached to an aromatic ring is 3. The fourth-order valence-corrected chi connectivity index (χ4v) is 3.03. The molecule has 3 aromatic rings. The highest BCUT2D eigenvalue weighted by atomic mass is 32.2. The van der Waals surface area contributed by atoms with Gasteiger partial charge in [0, 0.05) is 27.7 Å². The zero-order valence-corrected chi connectivity index (χ0v) is 12.2. The summed E-state index contributed by atoms with van der Waals surface area (Å²) in [6.45, 7) is 1.94. The van der Waals surface area contributed by atoms with E-state index >= 15 is 0 Å². The first-order valence-electron chi connectivity index (χ1n) is 6.26. The molecule has 6 nitrogen and oxygen atoms in total. The van der Waals surface area contributed by atoms with Gasteiger partial charge in [0.25, 0.3) is 0 Å². The number of hydrogen-bond acceptors (Lipinski definition) is 7. The van der Waals surface area contributed by atoms with Gasteiger partial charge in [0.15, 0.2) is 5.16 Å². The van der Waals surface area contributed by atoms with Crippen molar-refractivity contribution in [2.24, 2.45) is 0 Å². The van der Waals surface area contributed by atoms with Crippen LogP contribution in [0.15, 0.2) is 40.4 Å². The average molecular weight is 298 g/mol. The SMILES string of the molecule is Cc1cc(Sc2nc(N)cc(N)n2)c2cc(N)ccc2n1. The highest BCUT2D eigenvalue weighted by Gasteiger charge is 2.09. The Balaban J connectivity index is 2.13. The van der Waals surface area contributed by atoms with E-state index in [2.05, 4.69) is 15.0 Å². The van der Waals surface area contributed by atoms with Crippen molar-refractivity contribution in [1.82, 2.24) is 15.0 Å². The summed E-state index contributed by atoms with van der Waals surface area (Å²) in [6.07, 6.45) is 0. The maximum absolute atomic E-state index is 5.86. The van der Waals surface area contributed by atoms with Crippen molar-refractivity contribution in [3.63, 3.8) is 0 Å². The summed E-state index contributed by atoms with van der Waals surface area (Å²) < 4.78 is 0. The number of anilines is 3. The molecule has 2 aromatic heterocycles. The molecule has 0 saturated heterocycles. The van der Waals surface area contributed by atoms with Gasteiger partial charge in [0.05, 0.1) is 5.52 Å². The third kappa shape index (κ3) is 2.82. The monoisotopic (exact) mass is 298 g/mol. The molecule has 6 N–H and O–H groups in total. The first kappa shape index (κ1) is 13.4. The molecular weight excluding hydrogens is 284 g/mol. The van der Waals surface area contributed by atoms with Crippen molar-refractivity contribution >= 4 is 40.0 Å². The van der Waals surface area contributed by atoms with Crippen LogP contribution in [-0.4, -0.2) is 15.0 Å². The molecule has 0 bridgehead atoms. The van der Waals surface area contributed by atoms with Crippen molar-refractivity contribution in [3.05, 3.63) is 36.0 Å². The predicted molar refractivity (Wildman–Crippen MR) is 85.9 cm³/mol. The van der Waals surface area contributed by atoms with Crippen LogP contribution in [0.2, 0.25) is 0 Å². The number of rotatable bonds is 2. The van der Waals surface area contributed by atoms with Gasteiger partial charge >= 0.3 is 0 Å². The lowest BCUT2D eigenvalue weighted by Gasteiger charge is -2.08. The summed E-state index contributed by atoms with van der Waals surface area (Å²) in [7, 11) is 0. The molecule has 21 heavy (non-hydrogen) atoms. The van der Waals surface area contributed by atoms with Crippen LogP contribution >= 0.6 is 11.8 Å². The lowest BCUT2D eigenvalue weighted by atomic mass is 10.2. The molecule has 0 aliphatic carbocycles. The molecule has 0 aliphatic heterocycles. The first-order valence-corrected chi connectivity index (χ1v) is 7.08. The van der Waals surface area contributed by atoms with E-state index < -0.39 is 0 Å². The van der Waals surface area contributed by atoms with Gasteiger partial charge in [-0.1, -0.05) is 0 Å². The quantitative estimate of drug-likeness (QED) is 0.490. The van der Waals surface area contributed by atoms with Gasteiger partial charge in [0.1, 0.15) is 11.6 Å². The fourth-order valence-electron chi connectivity index (χ4n) is 2.03. The van der Waals surface area contributed by atoms with Gasteiger partial charge < -0.3 is 17.2 Å². The largest absolute Gasteiger partial charge is 0.399 e. The standard InChI is InChI=1S/C14H14N6S/c1-7-4-11(9-5-8(15)2-3-10(9)18-7)21-14-19-12(16)6-13(17)20-14/h2-6H,15H2,1H3,(H4,16,17,19,20). The molecule has 1 aromatic carbocycles. The Morgan fingerprint density at radius 1 is 0.905 bits per heavy atom. The van der Waals surface area contributed by atoms with Gasteiger partial charge in [-0.25, -0.2) is 9.97 Å². The normalized spacial score (nSPS) is 10.9. The Morgan fingerprint density at radius 2 is 1.62 bits per heavy atom. The van der Waals surface area contributed by atoms with Crippen molar-refractivity contribution in [2.75, 3.05) is 17.2 Å². The second-order valence-corrected chi connectivity index (χ2v) is 5.65. The number of benzene rings is 1. The topological polar surface area (TPSA) is 117 Å². The first-order chi connectivity index (χ1) is 10.0. The van der Waals surface area contributed by atoms with Crippen molar-refractivity contribution in [1.29, 1.82) is 0 Å². The summed E-state index contributed by atoms with van der Waals surface area (Å²) in [5.74, 6) is 0.694. The molecular formula is C14H14N6S. The molecule has 7 heteroatoms. The number of aromatic nitrogens is 3. The van der Waals surface area contributed by atoms with Gasteiger partial charge in [0.2, 0.25) is 0 Å². The Bertz CT molecular complexity index is 813. The van der Waals surface area contributed by atoms with E-state index in [-0.39, 0.29) is 0 Å². The van der Waals surface area contributed by atoms with E-state index in [1.54, 1.807) is 0 Å². The van der Waals surface area contributed by atoms with E-state index in [0.717, 1.165) is 21.5 Å².